The number of benzene rings is 13. The van der Waals surface area contributed by atoms with Crippen molar-refractivity contribution < 1.29 is 9.47 Å². The number of hydrogen-bond acceptors (Lipinski definition) is 5. The van der Waals surface area contributed by atoms with Crippen molar-refractivity contribution in [1.82, 2.24) is 4.90 Å². The minimum atomic E-state index is -0.0568. The number of ether oxygens (including phenoxy) is 2. The molecule has 5 nitrogen and oxygen atoms in total. The highest BCUT2D eigenvalue weighted by molar-refractivity contribution is 6.64. The molecule has 17 aromatic carbocycles. The van der Waals surface area contributed by atoms with Crippen molar-refractivity contribution in [3.63, 3.8) is 0 Å². The number of fused-ring (bicyclic) bond motifs is 1. The van der Waals surface area contributed by atoms with Crippen LogP contribution in [-0.2, 0) is 34.2 Å². The Hall–Kier alpha value is -8.84. The maximum Gasteiger partial charge on any atom is 0.0700 e. The average molecular weight is 1060 g/mol. The van der Waals surface area contributed by atoms with Gasteiger partial charge in [-0.05, 0) is 274 Å². The van der Waals surface area contributed by atoms with Crippen LogP contribution in [0.25, 0.3) is 130 Å². The molecule has 1 spiro atoms. The van der Waals surface area contributed by atoms with E-state index in [-0.39, 0.29) is 5.41 Å². The van der Waals surface area contributed by atoms with Crippen molar-refractivity contribution in [1.29, 1.82) is 0 Å². The van der Waals surface area contributed by atoms with Crippen LogP contribution in [0.15, 0.2) is 170 Å². The number of nitrogens with zero attached hydrogens (tertiary/aromatic N) is 3. The summed E-state index contributed by atoms with van der Waals surface area (Å²) in [5.41, 5.74) is 16.5. The number of rotatable bonds is 15. The van der Waals surface area contributed by atoms with E-state index in [0.29, 0.717) is 31.8 Å². The predicted octanol–water partition coefficient (Wildman–Crippen LogP) is 16.9. The van der Waals surface area contributed by atoms with Gasteiger partial charge in [0.1, 0.15) is 0 Å². The highest BCUT2D eigenvalue weighted by Crippen LogP contribution is 2.69. The molecule has 3 atom stereocenters. The summed E-state index contributed by atoms with van der Waals surface area (Å²) in [7, 11) is 1.78. The highest BCUT2D eigenvalue weighted by Gasteiger charge is 2.62. The normalized spacial score (nSPS) is 19.3. The molecule has 4 aliphatic carbocycles. The molecule has 0 saturated carbocycles. The monoisotopic (exact) mass is 1060 g/mol. The fourth-order valence-electron chi connectivity index (χ4n) is 19.8. The zero-order chi connectivity index (χ0) is 53.5. The van der Waals surface area contributed by atoms with Crippen LogP contribution in [-0.4, -0.2) is 51.0 Å². The minimum absolute atomic E-state index is 0.0568. The van der Waals surface area contributed by atoms with Crippen molar-refractivity contribution in [3.05, 3.63) is 203 Å². The summed E-state index contributed by atoms with van der Waals surface area (Å²) in [5.74, 6) is 0.420. The van der Waals surface area contributed by atoms with E-state index in [1.54, 1.807) is 132 Å². The van der Waals surface area contributed by atoms with E-state index >= 15 is 0 Å². The summed E-state index contributed by atoms with van der Waals surface area (Å²) in [6.07, 6.45) is 5.36. The zero-order valence-corrected chi connectivity index (χ0v) is 46.0. The summed E-state index contributed by atoms with van der Waals surface area (Å²) >= 11 is 0. The lowest BCUT2D eigenvalue weighted by Crippen LogP contribution is -2.48. The van der Waals surface area contributed by atoms with Gasteiger partial charge in [0.15, 0.2) is 0 Å². The first kappa shape index (κ1) is 43.8. The molecule has 5 heteroatoms. The molecule has 1 fully saturated rings. The second kappa shape index (κ2) is 14.9. The Morgan fingerprint density at radius 3 is 1.52 bits per heavy atom. The van der Waals surface area contributed by atoms with Crippen LogP contribution in [0.3, 0.4) is 0 Å². The third-order valence-corrected chi connectivity index (χ3v) is 22.3. The largest absolute Gasteiger partial charge is 0.382 e. The highest BCUT2D eigenvalue weighted by atomic mass is 16.5. The Kier molecular flexibility index (Phi) is 7.84. The molecule has 17 aromatic rings. The molecule has 0 N–H and O–H groups in total. The zero-order valence-electron chi connectivity index (χ0n) is 46.0. The molecular weight excluding hydrogens is 1010 g/mol. The predicted molar refractivity (Wildman–Crippen MR) is 345 cm³/mol. The standard InChI is InChI=1S/C78H53N3O2/c1-82-29-30-83-28-27-79-39-55-54-37-46-35-43-33-44-32-41-31-42-34-45-36-47-38-78(55,77-63(47)68-62(45)67-58(42)57(41)65-61(44)66-59(43)60(46)69-64(54)76(77)75-73(68)71(67)70(65)72(66)74(69)75)56(79)26-19-40-17-20-51(21-18-40)81(50-15-9-4-10-16-50)53-24-22-52(23-25-53)80(48-11-5-2-6-12-48)49-13-7-3-8-14-49/h2-18,20-25,31-34,36,55-56H,19,26-30,35,37-39H2,1H3. The van der Waals surface area contributed by atoms with Gasteiger partial charge in [-0.25, -0.2) is 0 Å². The molecule has 0 radical (unpaired) electrons. The molecule has 0 aromatic heterocycles. The fraction of sp³-hybridized carbons (Fsp3) is 0.179. The summed E-state index contributed by atoms with van der Waals surface area (Å²) < 4.78 is 12.0. The van der Waals surface area contributed by atoms with Crippen molar-refractivity contribution in [2.24, 2.45) is 5.92 Å². The summed E-state index contributed by atoms with van der Waals surface area (Å²) in [6, 6.07) is 64.4. The van der Waals surface area contributed by atoms with E-state index in [4.69, 9.17) is 9.47 Å². The molecule has 1 saturated heterocycles. The summed E-state index contributed by atoms with van der Waals surface area (Å²) in [4.78, 5) is 7.68. The molecular formula is C78H53N3O2. The first-order valence-electron chi connectivity index (χ1n) is 30.4. The Morgan fingerprint density at radius 2 is 0.928 bits per heavy atom. The third kappa shape index (κ3) is 4.93. The Balaban J connectivity index is 0.708. The van der Waals surface area contributed by atoms with Crippen molar-refractivity contribution in [2.75, 3.05) is 49.8 Å². The lowest BCUT2D eigenvalue weighted by Gasteiger charge is -2.43. The van der Waals surface area contributed by atoms with Crippen LogP contribution in [0.4, 0.5) is 34.1 Å². The number of aryl methyl sites for hydroxylation is 1. The van der Waals surface area contributed by atoms with Crippen LogP contribution in [0.2, 0.25) is 0 Å². The maximum absolute atomic E-state index is 6.45. The third-order valence-electron chi connectivity index (χ3n) is 22.3. The Labute approximate surface area is 477 Å². The molecule has 83 heavy (non-hydrogen) atoms. The van der Waals surface area contributed by atoms with Gasteiger partial charge in [-0.15, -0.1) is 0 Å². The van der Waals surface area contributed by atoms with Crippen LogP contribution in [0.1, 0.15) is 35.1 Å². The molecule has 22 rings (SSSR count). The first-order chi connectivity index (χ1) is 41.1. The van der Waals surface area contributed by atoms with E-state index in [9.17, 15) is 0 Å². The van der Waals surface area contributed by atoms with Gasteiger partial charge >= 0.3 is 0 Å². The van der Waals surface area contributed by atoms with Gasteiger partial charge in [0.05, 0.1) is 19.8 Å². The van der Waals surface area contributed by atoms with Gasteiger partial charge in [0, 0.05) is 71.7 Å². The van der Waals surface area contributed by atoms with E-state index < -0.39 is 0 Å². The SMILES string of the molecule is COCCOCCN1CC2C3=c4c5c6c7c(cc8cc9cc%10cc%11cc%12c%13c(c4c4c5c5c7c8c7c9c%10c8c%11c%13c4c8c75)=C(C3)C%12)CC62C1CCc1ccc(N(c2ccccc2)c2ccc(N(c3ccccc3)c3ccccc3)cc2)cc1. The second-order valence-corrected chi connectivity index (χ2v) is 25.7. The van der Waals surface area contributed by atoms with Gasteiger partial charge in [-0.2, -0.15) is 0 Å². The minimum Gasteiger partial charge on any atom is -0.382 e. The lowest BCUT2D eigenvalue weighted by atomic mass is 9.60. The number of likely N-dealkylation sites (tertiary alicyclic amines) is 1. The van der Waals surface area contributed by atoms with Gasteiger partial charge < -0.3 is 19.3 Å². The first-order valence-corrected chi connectivity index (χ1v) is 30.4. The Morgan fingerprint density at radius 1 is 0.446 bits per heavy atom. The van der Waals surface area contributed by atoms with Crippen LogP contribution < -0.4 is 20.2 Å². The smallest absolute Gasteiger partial charge is 0.0700 e. The molecule has 1 heterocycles. The van der Waals surface area contributed by atoms with E-state index in [0.717, 1.165) is 79.3 Å². The summed E-state index contributed by atoms with van der Waals surface area (Å²) in [6.45, 7) is 3.94. The van der Waals surface area contributed by atoms with Crippen molar-refractivity contribution >= 4 is 164 Å². The number of methoxy groups -OCH3 is 1. The average Bonchev–Trinajstić information content (AvgIpc) is 1.45. The van der Waals surface area contributed by atoms with Gasteiger partial charge in [-0.1, -0.05) is 90.0 Å². The fourth-order valence-corrected chi connectivity index (χ4v) is 19.8. The van der Waals surface area contributed by atoms with Gasteiger partial charge in [0.25, 0.3) is 0 Å². The Bertz CT molecular complexity index is 5600. The van der Waals surface area contributed by atoms with Crippen molar-refractivity contribution in [3.8, 4) is 0 Å². The quantitative estimate of drug-likeness (QED) is 0.0754. The molecule has 0 bridgehead atoms. The van der Waals surface area contributed by atoms with Crippen LogP contribution in [0.5, 0.6) is 0 Å². The van der Waals surface area contributed by atoms with Crippen LogP contribution >= 0.6 is 0 Å². The summed E-state index contributed by atoms with van der Waals surface area (Å²) in [5, 5.41) is 37.9. The molecule has 3 unspecified atom stereocenters. The lowest BCUT2D eigenvalue weighted by molar-refractivity contribution is 0.0518. The maximum atomic E-state index is 6.45. The number of anilines is 6. The number of para-hydroxylation sites is 3. The van der Waals surface area contributed by atoms with Gasteiger partial charge in [-0.3, -0.25) is 4.90 Å². The molecule has 5 aliphatic rings. The van der Waals surface area contributed by atoms with E-state index in [1.807, 2.05) is 0 Å². The van der Waals surface area contributed by atoms with E-state index in [2.05, 4.69) is 185 Å². The topological polar surface area (TPSA) is 28.2 Å². The molecule has 392 valence electrons. The van der Waals surface area contributed by atoms with E-state index in [1.165, 1.54) is 37.9 Å². The van der Waals surface area contributed by atoms with Gasteiger partial charge in [0.2, 0.25) is 0 Å². The van der Waals surface area contributed by atoms with Crippen LogP contribution in [0, 0.1) is 5.92 Å². The molecule has 1 aliphatic heterocycles. The molecule has 0 amide bonds. The van der Waals surface area contributed by atoms with Crippen molar-refractivity contribution in [2.45, 2.75) is 43.6 Å². The number of hydrogen-bond donors (Lipinski definition) is 0. The second-order valence-electron chi connectivity index (χ2n) is 25.7.